The molecule has 0 aromatic carbocycles. The van der Waals surface area contributed by atoms with Gasteiger partial charge in [-0.05, 0) is 26.3 Å². The van der Waals surface area contributed by atoms with Crippen molar-refractivity contribution < 1.29 is 5.11 Å². The van der Waals surface area contributed by atoms with Gasteiger partial charge >= 0.3 is 0 Å². The van der Waals surface area contributed by atoms with Gasteiger partial charge in [0.2, 0.25) is 5.13 Å². The highest BCUT2D eigenvalue weighted by Crippen LogP contribution is 2.27. The van der Waals surface area contributed by atoms with Gasteiger partial charge in [-0.25, -0.2) is 9.67 Å². The molecule has 0 aliphatic carbocycles. The number of aryl methyl sites for hydroxylation is 1. The summed E-state index contributed by atoms with van der Waals surface area (Å²) in [6.07, 6.45) is 0. The van der Waals surface area contributed by atoms with Gasteiger partial charge in [0.15, 0.2) is 0 Å². The topological polar surface area (TPSA) is 50.9 Å². The number of hydrogen-bond donors (Lipinski definition) is 1. The Kier molecular flexibility index (Phi) is 3.01. The van der Waals surface area contributed by atoms with Crippen molar-refractivity contribution in [1.29, 1.82) is 0 Å². The molecule has 2 rings (SSSR count). The minimum atomic E-state index is -0.0885. The molecular formula is C10H12ClN3OS. The van der Waals surface area contributed by atoms with E-state index in [0.717, 1.165) is 17.0 Å². The molecule has 0 radical (unpaired) electrons. The summed E-state index contributed by atoms with van der Waals surface area (Å²) in [6, 6.07) is 0. The van der Waals surface area contributed by atoms with Crippen LogP contribution >= 0.6 is 22.9 Å². The second-order valence-electron chi connectivity index (χ2n) is 3.58. The maximum absolute atomic E-state index is 9.06. The summed E-state index contributed by atoms with van der Waals surface area (Å²) in [6.45, 7) is 5.88. The minimum absolute atomic E-state index is 0.0885. The lowest BCUT2D eigenvalue weighted by Crippen LogP contribution is -1.98. The van der Waals surface area contributed by atoms with Crippen LogP contribution in [0.4, 0.5) is 0 Å². The van der Waals surface area contributed by atoms with Gasteiger partial charge in [-0.15, -0.1) is 0 Å². The number of nitrogens with zero attached hydrogens (tertiary/aromatic N) is 3. The molecule has 0 spiro atoms. The number of rotatable bonds is 2. The van der Waals surface area contributed by atoms with Gasteiger partial charge in [-0.1, -0.05) is 22.9 Å². The van der Waals surface area contributed by atoms with Crippen LogP contribution in [0, 0.1) is 20.8 Å². The van der Waals surface area contributed by atoms with Gasteiger partial charge < -0.3 is 5.11 Å². The average molecular weight is 258 g/mol. The second kappa shape index (κ2) is 4.16. The van der Waals surface area contributed by atoms with E-state index in [2.05, 4.69) is 10.1 Å². The SMILES string of the molecule is Cc1nn(-c2nc(Cl)c(CO)s2)c(C)c1C. The summed E-state index contributed by atoms with van der Waals surface area (Å²) in [7, 11) is 0. The average Bonchev–Trinajstić information content (AvgIpc) is 2.74. The van der Waals surface area contributed by atoms with Gasteiger partial charge in [0.1, 0.15) is 5.15 Å². The highest BCUT2D eigenvalue weighted by atomic mass is 35.5. The fourth-order valence-electron chi connectivity index (χ4n) is 1.42. The third-order valence-electron chi connectivity index (χ3n) is 2.62. The first-order valence-corrected chi connectivity index (χ1v) is 6.03. The van der Waals surface area contributed by atoms with E-state index in [0.29, 0.717) is 15.2 Å². The Bertz CT molecular complexity index is 532. The zero-order valence-corrected chi connectivity index (χ0v) is 10.9. The molecule has 2 aromatic heterocycles. The number of thiazole rings is 1. The van der Waals surface area contributed by atoms with Crippen LogP contribution in [0.5, 0.6) is 0 Å². The van der Waals surface area contributed by atoms with Crippen molar-refractivity contribution in [3.05, 3.63) is 27.0 Å². The Hall–Kier alpha value is -0.910. The van der Waals surface area contributed by atoms with Gasteiger partial charge in [-0.3, -0.25) is 0 Å². The predicted molar refractivity (Wildman–Crippen MR) is 64.4 cm³/mol. The summed E-state index contributed by atoms with van der Waals surface area (Å²) >= 11 is 7.25. The molecule has 0 saturated heterocycles. The van der Waals surface area contributed by atoms with Crippen LogP contribution in [-0.4, -0.2) is 19.9 Å². The molecule has 6 heteroatoms. The van der Waals surface area contributed by atoms with Crippen LogP contribution < -0.4 is 0 Å². The molecule has 0 bridgehead atoms. The van der Waals surface area contributed by atoms with Gasteiger partial charge in [-0.2, -0.15) is 5.10 Å². The van der Waals surface area contributed by atoms with Crippen LogP contribution in [0.25, 0.3) is 5.13 Å². The maximum Gasteiger partial charge on any atom is 0.212 e. The number of hydrogen-bond acceptors (Lipinski definition) is 4. The third-order valence-corrected chi connectivity index (χ3v) is 4.06. The lowest BCUT2D eigenvalue weighted by atomic mass is 10.2. The first-order valence-electron chi connectivity index (χ1n) is 4.84. The summed E-state index contributed by atoms with van der Waals surface area (Å²) < 4.78 is 1.76. The van der Waals surface area contributed by atoms with E-state index in [1.165, 1.54) is 11.3 Å². The minimum Gasteiger partial charge on any atom is -0.391 e. The summed E-state index contributed by atoms with van der Waals surface area (Å²) in [5.74, 6) is 0. The molecule has 0 amide bonds. The second-order valence-corrected chi connectivity index (χ2v) is 5.00. The standard InChI is InChI=1S/C10H12ClN3OS/c1-5-6(2)13-14(7(5)3)10-12-9(11)8(4-15)16-10/h15H,4H2,1-3H3. The van der Waals surface area contributed by atoms with Crippen molar-refractivity contribution in [3.8, 4) is 5.13 Å². The van der Waals surface area contributed by atoms with Crippen molar-refractivity contribution in [2.75, 3.05) is 0 Å². The molecule has 4 nitrogen and oxygen atoms in total. The largest absolute Gasteiger partial charge is 0.391 e. The third kappa shape index (κ3) is 1.75. The molecule has 0 atom stereocenters. The highest BCUT2D eigenvalue weighted by Gasteiger charge is 2.14. The Labute approximate surface area is 103 Å². The van der Waals surface area contributed by atoms with Gasteiger partial charge in [0.05, 0.1) is 17.2 Å². The molecule has 86 valence electrons. The molecule has 16 heavy (non-hydrogen) atoms. The van der Waals surface area contributed by atoms with Crippen LogP contribution in [0.1, 0.15) is 21.8 Å². The first kappa shape index (κ1) is 11.6. The predicted octanol–water partition coefficient (Wildman–Crippen LogP) is 2.40. The molecule has 0 aliphatic rings. The Morgan fingerprint density at radius 3 is 2.50 bits per heavy atom. The molecule has 2 heterocycles. The van der Waals surface area contributed by atoms with E-state index in [1.807, 2.05) is 20.8 Å². The first-order chi connectivity index (χ1) is 7.54. The molecule has 0 unspecified atom stereocenters. The molecular weight excluding hydrogens is 246 g/mol. The quantitative estimate of drug-likeness (QED) is 0.899. The summed E-state index contributed by atoms with van der Waals surface area (Å²) in [5.41, 5.74) is 3.18. The van der Waals surface area contributed by atoms with E-state index in [1.54, 1.807) is 4.68 Å². The van der Waals surface area contributed by atoms with Gasteiger partial charge in [0, 0.05) is 5.69 Å². The van der Waals surface area contributed by atoms with Gasteiger partial charge in [0.25, 0.3) is 0 Å². The maximum atomic E-state index is 9.06. The molecule has 1 N–H and O–H groups in total. The lowest BCUT2D eigenvalue weighted by Gasteiger charge is -1.97. The van der Waals surface area contributed by atoms with Crippen molar-refractivity contribution in [2.45, 2.75) is 27.4 Å². The smallest absolute Gasteiger partial charge is 0.212 e. The summed E-state index contributed by atoms with van der Waals surface area (Å²) in [4.78, 5) is 4.86. The highest BCUT2D eigenvalue weighted by molar-refractivity contribution is 7.14. The molecule has 0 saturated carbocycles. The monoisotopic (exact) mass is 257 g/mol. The van der Waals surface area contributed by atoms with Crippen molar-refractivity contribution in [1.82, 2.24) is 14.8 Å². The Morgan fingerprint density at radius 2 is 2.06 bits per heavy atom. The van der Waals surface area contributed by atoms with Crippen LogP contribution in [0.3, 0.4) is 0 Å². The number of aliphatic hydroxyl groups is 1. The fourth-order valence-corrected chi connectivity index (χ4v) is 2.54. The molecule has 0 aliphatic heterocycles. The Balaban J connectivity index is 2.54. The zero-order chi connectivity index (χ0) is 11.9. The van der Waals surface area contributed by atoms with E-state index in [-0.39, 0.29) is 6.61 Å². The van der Waals surface area contributed by atoms with Crippen LogP contribution in [0.2, 0.25) is 5.15 Å². The lowest BCUT2D eigenvalue weighted by molar-refractivity contribution is 0.285. The fraction of sp³-hybridized carbons (Fsp3) is 0.400. The number of halogens is 1. The summed E-state index contributed by atoms with van der Waals surface area (Å²) in [5, 5.41) is 14.5. The Morgan fingerprint density at radius 1 is 1.38 bits per heavy atom. The zero-order valence-electron chi connectivity index (χ0n) is 9.28. The van der Waals surface area contributed by atoms with Crippen molar-refractivity contribution in [3.63, 3.8) is 0 Å². The van der Waals surface area contributed by atoms with E-state index >= 15 is 0 Å². The van der Waals surface area contributed by atoms with Crippen molar-refractivity contribution in [2.24, 2.45) is 0 Å². The molecule has 2 aromatic rings. The van der Waals surface area contributed by atoms with E-state index in [9.17, 15) is 0 Å². The van der Waals surface area contributed by atoms with Crippen molar-refractivity contribution >= 4 is 22.9 Å². The number of aliphatic hydroxyl groups excluding tert-OH is 1. The van der Waals surface area contributed by atoms with E-state index in [4.69, 9.17) is 16.7 Å². The van der Waals surface area contributed by atoms with Crippen LogP contribution in [-0.2, 0) is 6.61 Å². The van der Waals surface area contributed by atoms with Crippen LogP contribution in [0.15, 0.2) is 0 Å². The van der Waals surface area contributed by atoms with E-state index < -0.39 is 0 Å². The normalized spacial score (nSPS) is 11.1. The molecule has 0 fully saturated rings. The number of aromatic nitrogens is 3.